The summed E-state index contributed by atoms with van der Waals surface area (Å²) in [5.41, 5.74) is 1.02. The lowest BCUT2D eigenvalue weighted by Gasteiger charge is -2.18. The molecule has 20 heavy (non-hydrogen) atoms. The Morgan fingerprint density at radius 2 is 2.05 bits per heavy atom. The number of benzene rings is 1. The maximum Gasteiger partial charge on any atom is 0.258 e. The second-order valence-corrected chi connectivity index (χ2v) is 6.09. The minimum absolute atomic E-state index is 0.0371. The fourth-order valence-electron chi connectivity index (χ4n) is 1.62. The Labute approximate surface area is 129 Å². The lowest BCUT2D eigenvalue weighted by atomic mass is 10.1. The van der Waals surface area contributed by atoms with Crippen LogP contribution >= 0.6 is 15.9 Å². The molecule has 4 nitrogen and oxygen atoms in total. The van der Waals surface area contributed by atoms with E-state index < -0.39 is 0 Å². The molecule has 0 radical (unpaired) electrons. The van der Waals surface area contributed by atoms with E-state index in [1.807, 2.05) is 32.2 Å². The zero-order chi connectivity index (χ0) is 15.1. The van der Waals surface area contributed by atoms with Crippen LogP contribution < -0.4 is 15.4 Å². The van der Waals surface area contributed by atoms with Crippen molar-refractivity contribution in [3.8, 4) is 5.75 Å². The lowest BCUT2D eigenvalue weighted by Crippen LogP contribution is -2.39. The summed E-state index contributed by atoms with van der Waals surface area (Å²) in [6.07, 6.45) is 0. The molecule has 1 amide bonds. The van der Waals surface area contributed by atoms with Crippen molar-refractivity contribution in [1.82, 2.24) is 10.6 Å². The van der Waals surface area contributed by atoms with Crippen LogP contribution in [0.2, 0.25) is 0 Å². The lowest BCUT2D eigenvalue weighted by molar-refractivity contribution is -0.124. The molecule has 1 rings (SSSR count). The van der Waals surface area contributed by atoms with Gasteiger partial charge in [0.15, 0.2) is 6.61 Å². The maximum absolute atomic E-state index is 11.8. The van der Waals surface area contributed by atoms with Gasteiger partial charge < -0.3 is 15.4 Å². The van der Waals surface area contributed by atoms with Gasteiger partial charge in [-0.05, 0) is 38.1 Å². The summed E-state index contributed by atoms with van der Waals surface area (Å²) >= 11 is 3.43. The van der Waals surface area contributed by atoms with Crippen molar-refractivity contribution >= 4 is 21.8 Å². The van der Waals surface area contributed by atoms with E-state index in [0.717, 1.165) is 15.8 Å². The summed E-state index contributed by atoms with van der Waals surface area (Å²) in [6.45, 7) is 6.87. The van der Waals surface area contributed by atoms with Crippen molar-refractivity contribution < 1.29 is 9.53 Å². The first kappa shape index (κ1) is 17.0. The third-order valence-electron chi connectivity index (χ3n) is 3.14. The standard InChI is InChI=1S/C15H23BrN2O2/c1-10(2)11(3)18-15(19)9-20-14-6-5-13(16)7-12(14)8-17-4/h5-7,10-11,17H,8-9H2,1-4H3,(H,18,19). The van der Waals surface area contributed by atoms with E-state index in [-0.39, 0.29) is 18.6 Å². The number of ether oxygens (including phenoxy) is 1. The van der Waals surface area contributed by atoms with Gasteiger partial charge in [-0.1, -0.05) is 29.8 Å². The molecule has 0 saturated heterocycles. The Bertz CT molecular complexity index is 449. The molecule has 0 aromatic heterocycles. The van der Waals surface area contributed by atoms with Crippen molar-refractivity contribution in [1.29, 1.82) is 0 Å². The Kier molecular flexibility index (Phi) is 7.02. The van der Waals surface area contributed by atoms with Gasteiger partial charge >= 0.3 is 0 Å². The highest BCUT2D eigenvalue weighted by atomic mass is 79.9. The number of carbonyl (C=O) groups is 1. The average Bonchev–Trinajstić information content (AvgIpc) is 2.38. The van der Waals surface area contributed by atoms with E-state index in [0.29, 0.717) is 12.5 Å². The van der Waals surface area contributed by atoms with Gasteiger partial charge in [-0.25, -0.2) is 0 Å². The van der Waals surface area contributed by atoms with Gasteiger partial charge in [-0.2, -0.15) is 0 Å². The van der Waals surface area contributed by atoms with E-state index in [1.54, 1.807) is 0 Å². The summed E-state index contributed by atoms with van der Waals surface area (Å²) in [5, 5.41) is 6.01. The number of hydrogen-bond acceptors (Lipinski definition) is 3. The smallest absolute Gasteiger partial charge is 0.258 e. The second-order valence-electron chi connectivity index (χ2n) is 5.17. The molecule has 0 heterocycles. The number of nitrogens with one attached hydrogen (secondary N) is 2. The van der Waals surface area contributed by atoms with Crippen LogP contribution in [0, 0.1) is 5.92 Å². The van der Waals surface area contributed by atoms with E-state index in [2.05, 4.69) is 40.4 Å². The highest BCUT2D eigenvalue weighted by Crippen LogP contribution is 2.23. The number of carbonyl (C=O) groups excluding carboxylic acids is 1. The summed E-state index contributed by atoms with van der Waals surface area (Å²) in [6, 6.07) is 5.91. The van der Waals surface area contributed by atoms with Gasteiger partial charge in [0.2, 0.25) is 0 Å². The number of hydrogen-bond donors (Lipinski definition) is 2. The molecule has 1 aromatic carbocycles. The molecule has 0 aliphatic carbocycles. The Morgan fingerprint density at radius 3 is 2.65 bits per heavy atom. The predicted molar refractivity (Wildman–Crippen MR) is 84.8 cm³/mol. The quantitative estimate of drug-likeness (QED) is 0.800. The zero-order valence-corrected chi connectivity index (χ0v) is 14.1. The van der Waals surface area contributed by atoms with Gasteiger partial charge in [0.25, 0.3) is 5.91 Å². The molecule has 2 N–H and O–H groups in total. The summed E-state index contributed by atoms with van der Waals surface area (Å²) in [7, 11) is 1.88. The molecular formula is C15H23BrN2O2. The number of halogens is 1. The third-order valence-corrected chi connectivity index (χ3v) is 3.63. The molecule has 0 aliphatic rings. The Balaban J connectivity index is 2.59. The van der Waals surface area contributed by atoms with Crippen LogP contribution in [0.1, 0.15) is 26.3 Å². The van der Waals surface area contributed by atoms with Gasteiger partial charge in [-0.3, -0.25) is 4.79 Å². The first-order valence-electron chi connectivity index (χ1n) is 6.79. The number of rotatable bonds is 7. The molecule has 1 atom stereocenters. The average molecular weight is 343 g/mol. The van der Waals surface area contributed by atoms with Crippen molar-refractivity contribution in [2.24, 2.45) is 5.92 Å². The highest BCUT2D eigenvalue weighted by Gasteiger charge is 2.12. The Hall–Kier alpha value is -1.07. The van der Waals surface area contributed by atoms with Crippen LogP contribution in [0.5, 0.6) is 5.75 Å². The molecule has 112 valence electrons. The highest BCUT2D eigenvalue weighted by molar-refractivity contribution is 9.10. The molecule has 1 aromatic rings. The van der Waals surface area contributed by atoms with Crippen molar-refractivity contribution in [2.75, 3.05) is 13.7 Å². The van der Waals surface area contributed by atoms with Gasteiger partial charge in [0.05, 0.1) is 0 Å². The van der Waals surface area contributed by atoms with E-state index in [4.69, 9.17) is 4.74 Å². The summed E-state index contributed by atoms with van der Waals surface area (Å²) < 4.78 is 6.61. The van der Waals surface area contributed by atoms with Crippen LogP contribution in [0.3, 0.4) is 0 Å². The maximum atomic E-state index is 11.8. The number of amides is 1. The van der Waals surface area contributed by atoms with E-state index >= 15 is 0 Å². The Morgan fingerprint density at radius 1 is 1.35 bits per heavy atom. The fraction of sp³-hybridized carbons (Fsp3) is 0.533. The van der Waals surface area contributed by atoms with E-state index in [9.17, 15) is 4.79 Å². The van der Waals surface area contributed by atoms with Crippen molar-refractivity contribution in [3.63, 3.8) is 0 Å². The monoisotopic (exact) mass is 342 g/mol. The first-order chi connectivity index (χ1) is 9.43. The van der Waals surface area contributed by atoms with Gasteiger partial charge in [0, 0.05) is 22.6 Å². The van der Waals surface area contributed by atoms with Crippen LogP contribution in [0.25, 0.3) is 0 Å². The van der Waals surface area contributed by atoms with E-state index in [1.165, 1.54) is 0 Å². The molecule has 0 fully saturated rings. The summed E-state index contributed by atoms with van der Waals surface area (Å²) in [5.74, 6) is 1.05. The molecule has 0 saturated carbocycles. The van der Waals surface area contributed by atoms with Crippen LogP contribution in [0.15, 0.2) is 22.7 Å². The zero-order valence-electron chi connectivity index (χ0n) is 12.5. The molecule has 1 unspecified atom stereocenters. The van der Waals surface area contributed by atoms with Gasteiger partial charge in [-0.15, -0.1) is 0 Å². The molecule has 0 aliphatic heterocycles. The normalized spacial score (nSPS) is 12.3. The molecule has 0 bridgehead atoms. The topological polar surface area (TPSA) is 50.4 Å². The largest absolute Gasteiger partial charge is 0.483 e. The second kappa shape index (κ2) is 8.27. The SMILES string of the molecule is CNCc1cc(Br)ccc1OCC(=O)NC(C)C(C)C. The van der Waals surface area contributed by atoms with Crippen LogP contribution in [-0.4, -0.2) is 25.6 Å². The first-order valence-corrected chi connectivity index (χ1v) is 7.58. The third kappa shape index (κ3) is 5.51. The molecule has 5 heteroatoms. The predicted octanol–water partition coefficient (Wildman–Crippen LogP) is 2.71. The minimum Gasteiger partial charge on any atom is -0.483 e. The molecular weight excluding hydrogens is 320 g/mol. The fourth-order valence-corrected chi connectivity index (χ4v) is 2.03. The van der Waals surface area contributed by atoms with Gasteiger partial charge in [0.1, 0.15) is 5.75 Å². The van der Waals surface area contributed by atoms with Crippen molar-refractivity contribution in [3.05, 3.63) is 28.2 Å². The molecule has 0 spiro atoms. The minimum atomic E-state index is -0.0930. The van der Waals surface area contributed by atoms with Crippen LogP contribution in [-0.2, 0) is 11.3 Å². The van der Waals surface area contributed by atoms with Crippen LogP contribution in [0.4, 0.5) is 0 Å². The van der Waals surface area contributed by atoms with Crippen molar-refractivity contribution in [2.45, 2.75) is 33.4 Å². The summed E-state index contributed by atoms with van der Waals surface area (Å²) in [4.78, 5) is 11.8.